The summed E-state index contributed by atoms with van der Waals surface area (Å²) in [6.45, 7) is 3.55. The van der Waals surface area contributed by atoms with E-state index in [1.807, 2.05) is 30.7 Å². The zero-order valence-electron chi connectivity index (χ0n) is 9.92. The highest BCUT2D eigenvalue weighted by molar-refractivity contribution is 5.92. The molecule has 0 radical (unpaired) electrons. The fourth-order valence-electron chi connectivity index (χ4n) is 1.67. The Kier molecular flexibility index (Phi) is 3.29. The van der Waals surface area contributed by atoms with Crippen LogP contribution in [-0.2, 0) is 7.05 Å². The Balaban J connectivity index is 1.76. The van der Waals surface area contributed by atoms with Crippen molar-refractivity contribution < 1.29 is 4.79 Å². The summed E-state index contributed by atoms with van der Waals surface area (Å²) in [4.78, 5) is 11.8. The van der Waals surface area contributed by atoms with E-state index >= 15 is 0 Å². The third kappa shape index (κ3) is 2.64. The Hall–Kier alpha value is -1.29. The molecule has 88 valence electrons. The van der Waals surface area contributed by atoms with Gasteiger partial charge in [-0.2, -0.15) is 0 Å². The first-order valence-electron chi connectivity index (χ1n) is 5.82. The van der Waals surface area contributed by atoms with Crippen molar-refractivity contribution in [2.24, 2.45) is 7.05 Å². The third-order valence-electron chi connectivity index (χ3n) is 3.03. The summed E-state index contributed by atoms with van der Waals surface area (Å²) in [5.41, 5.74) is 1.82. The van der Waals surface area contributed by atoms with Gasteiger partial charge >= 0.3 is 0 Å². The fraction of sp³-hybridized carbons (Fsp3) is 0.583. The first kappa shape index (κ1) is 11.2. The van der Waals surface area contributed by atoms with Gasteiger partial charge in [0.15, 0.2) is 0 Å². The van der Waals surface area contributed by atoms with Crippen molar-refractivity contribution in [3.05, 3.63) is 23.5 Å². The number of nitrogens with zero attached hydrogens (tertiary/aromatic N) is 1. The van der Waals surface area contributed by atoms with Crippen LogP contribution in [0.3, 0.4) is 0 Å². The molecule has 0 atom stereocenters. The van der Waals surface area contributed by atoms with Gasteiger partial charge in [-0.05, 0) is 31.9 Å². The lowest BCUT2D eigenvalue weighted by atomic mass is 10.4. The Labute approximate surface area is 96.0 Å². The van der Waals surface area contributed by atoms with E-state index in [0.717, 1.165) is 17.9 Å². The van der Waals surface area contributed by atoms with Crippen molar-refractivity contribution in [1.29, 1.82) is 0 Å². The second-order valence-corrected chi connectivity index (χ2v) is 4.40. The molecule has 1 heterocycles. The van der Waals surface area contributed by atoms with E-state index in [-0.39, 0.29) is 5.91 Å². The lowest BCUT2D eigenvalue weighted by molar-refractivity contribution is 0.0945. The van der Waals surface area contributed by atoms with E-state index in [0.29, 0.717) is 12.6 Å². The molecule has 0 bridgehead atoms. The number of rotatable bonds is 5. The van der Waals surface area contributed by atoms with Crippen molar-refractivity contribution in [3.8, 4) is 0 Å². The van der Waals surface area contributed by atoms with Crippen LogP contribution in [-0.4, -0.2) is 29.6 Å². The molecule has 1 aliphatic carbocycles. The molecule has 1 saturated carbocycles. The average Bonchev–Trinajstić information content (AvgIpc) is 3.02. The summed E-state index contributed by atoms with van der Waals surface area (Å²) in [6, 6.07) is 4.52. The van der Waals surface area contributed by atoms with Crippen molar-refractivity contribution in [2.45, 2.75) is 25.8 Å². The minimum Gasteiger partial charge on any atom is -0.349 e. The van der Waals surface area contributed by atoms with Gasteiger partial charge in [0.2, 0.25) is 0 Å². The van der Waals surface area contributed by atoms with Gasteiger partial charge in [0.25, 0.3) is 5.91 Å². The summed E-state index contributed by atoms with van der Waals surface area (Å²) in [5.74, 6) is 0.00759. The van der Waals surface area contributed by atoms with Gasteiger partial charge in [0.05, 0.1) is 0 Å². The summed E-state index contributed by atoms with van der Waals surface area (Å²) in [7, 11) is 1.91. The molecule has 0 aromatic carbocycles. The van der Waals surface area contributed by atoms with E-state index in [9.17, 15) is 4.79 Å². The SMILES string of the molecule is Cc1ccc(C(=O)NCCNC2CC2)n1C. The van der Waals surface area contributed by atoms with Crippen LogP contribution in [0, 0.1) is 6.92 Å². The average molecular weight is 221 g/mol. The second-order valence-electron chi connectivity index (χ2n) is 4.40. The number of hydrogen-bond donors (Lipinski definition) is 2. The van der Waals surface area contributed by atoms with Crippen molar-refractivity contribution in [3.63, 3.8) is 0 Å². The molecule has 0 saturated heterocycles. The lowest BCUT2D eigenvalue weighted by Crippen LogP contribution is -2.33. The molecule has 1 fully saturated rings. The smallest absolute Gasteiger partial charge is 0.267 e. The molecule has 2 N–H and O–H groups in total. The predicted octanol–water partition coefficient (Wildman–Crippen LogP) is 0.815. The molecule has 1 amide bonds. The molecule has 0 unspecified atom stereocenters. The summed E-state index contributed by atoms with van der Waals surface area (Å²) in [6.07, 6.45) is 2.57. The van der Waals surface area contributed by atoms with E-state index in [1.165, 1.54) is 12.8 Å². The molecular weight excluding hydrogens is 202 g/mol. The molecule has 4 nitrogen and oxygen atoms in total. The largest absolute Gasteiger partial charge is 0.349 e. The van der Waals surface area contributed by atoms with Gasteiger partial charge < -0.3 is 15.2 Å². The number of nitrogens with one attached hydrogen (secondary N) is 2. The highest BCUT2D eigenvalue weighted by atomic mass is 16.1. The van der Waals surface area contributed by atoms with E-state index < -0.39 is 0 Å². The van der Waals surface area contributed by atoms with Crippen LogP contribution in [0.4, 0.5) is 0 Å². The van der Waals surface area contributed by atoms with Gasteiger partial charge in [-0.15, -0.1) is 0 Å². The Morgan fingerprint density at radius 3 is 2.75 bits per heavy atom. The van der Waals surface area contributed by atoms with Crippen LogP contribution >= 0.6 is 0 Å². The zero-order chi connectivity index (χ0) is 11.5. The van der Waals surface area contributed by atoms with Crippen LogP contribution < -0.4 is 10.6 Å². The predicted molar refractivity (Wildman–Crippen MR) is 63.5 cm³/mol. The highest BCUT2D eigenvalue weighted by Crippen LogP contribution is 2.17. The number of amides is 1. The molecule has 4 heteroatoms. The second kappa shape index (κ2) is 4.70. The summed E-state index contributed by atoms with van der Waals surface area (Å²) >= 11 is 0. The number of hydrogen-bond acceptors (Lipinski definition) is 2. The quantitative estimate of drug-likeness (QED) is 0.723. The molecule has 0 aliphatic heterocycles. The molecule has 0 spiro atoms. The van der Waals surface area contributed by atoms with Crippen LogP contribution in [0.25, 0.3) is 0 Å². The summed E-state index contributed by atoms with van der Waals surface area (Å²) < 4.78 is 1.91. The van der Waals surface area contributed by atoms with Crippen molar-refractivity contribution in [1.82, 2.24) is 15.2 Å². The molecule has 1 aromatic rings. The standard InChI is InChI=1S/C12H19N3O/c1-9-3-6-11(15(9)2)12(16)14-8-7-13-10-4-5-10/h3,6,10,13H,4-5,7-8H2,1-2H3,(H,14,16). The minimum absolute atomic E-state index is 0.00759. The maximum atomic E-state index is 11.8. The van der Waals surface area contributed by atoms with Crippen molar-refractivity contribution in [2.75, 3.05) is 13.1 Å². The van der Waals surface area contributed by atoms with Crippen LogP contribution in [0.1, 0.15) is 29.0 Å². The fourth-order valence-corrected chi connectivity index (χ4v) is 1.67. The summed E-state index contributed by atoms with van der Waals surface area (Å²) in [5, 5.41) is 6.28. The van der Waals surface area contributed by atoms with Gasteiger partial charge in [-0.3, -0.25) is 4.79 Å². The van der Waals surface area contributed by atoms with Crippen LogP contribution in [0.2, 0.25) is 0 Å². The molecule has 1 aliphatic rings. The topological polar surface area (TPSA) is 46.1 Å². The Bertz CT molecular complexity index is 380. The monoisotopic (exact) mass is 221 g/mol. The first-order chi connectivity index (χ1) is 7.68. The van der Waals surface area contributed by atoms with Crippen LogP contribution in [0.5, 0.6) is 0 Å². The third-order valence-corrected chi connectivity index (χ3v) is 3.03. The van der Waals surface area contributed by atoms with E-state index in [4.69, 9.17) is 0 Å². The van der Waals surface area contributed by atoms with Crippen molar-refractivity contribution >= 4 is 5.91 Å². The zero-order valence-corrected chi connectivity index (χ0v) is 9.92. The molecule has 1 aromatic heterocycles. The van der Waals surface area contributed by atoms with Gasteiger partial charge in [-0.1, -0.05) is 0 Å². The maximum absolute atomic E-state index is 11.8. The molecular formula is C12H19N3O. The first-order valence-corrected chi connectivity index (χ1v) is 5.82. The number of aromatic nitrogens is 1. The maximum Gasteiger partial charge on any atom is 0.267 e. The number of aryl methyl sites for hydroxylation is 1. The molecule has 2 rings (SSSR count). The van der Waals surface area contributed by atoms with Gasteiger partial charge in [0, 0.05) is 31.9 Å². The highest BCUT2D eigenvalue weighted by Gasteiger charge is 2.19. The Morgan fingerprint density at radius 1 is 1.44 bits per heavy atom. The molecule has 16 heavy (non-hydrogen) atoms. The number of carbonyl (C=O) groups is 1. The lowest BCUT2D eigenvalue weighted by Gasteiger charge is -2.07. The Morgan fingerprint density at radius 2 is 2.19 bits per heavy atom. The van der Waals surface area contributed by atoms with E-state index in [1.54, 1.807) is 0 Å². The van der Waals surface area contributed by atoms with Gasteiger partial charge in [-0.25, -0.2) is 0 Å². The van der Waals surface area contributed by atoms with Gasteiger partial charge in [0.1, 0.15) is 5.69 Å². The van der Waals surface area contributed by atoms with Crippen LogP contribution in [0.15, 0.2) is 12.1 Å². The minimum atomic E-state index is 0.00759. The van der Waals surface area contributed by atoms with E-state index in [2.05, 4.69) is 10.6 Å². The normalized spacial score (nSPS) is 15.1. The number of carbonyl (C=O) groups excluding carboxylic acids is 1.